The molecule has 0 aliphatic carbocycles. The average molecular weight is 293 g/mol. The van der Waals surface area contributed by atoms with E-state index in [9.17, 15) is 18.0 Å². The molecule has 0 bridgehead atoms. The van der Waals surface area contributed by atoms with Crippen molar-refractivity contribution in [1.29, 1.82) is 0 Å². The minimum absolute atomic E-state index is 0.0347. The lowest BCUT2D eigenvalue weighted by Gasteiger charge is -2.26. The van der Waals surface area contributed by atoms with Crippen LogP contribution in [0.3, 0.4) is 0 Å². The van der Waals surface area contributed by atoms with E-state index in [0.29, 0.717) is 12.2 Å². The number of aromatic nitrogens is 3. The molecule has 2 amide bonds. The van der Waals surface area contributed by atoms with Crippen LogP contribution in [0.4, 0.5) is 23.9 Å². The standard InChI is InChI=1S/C11H18F3N5O/c1-5-6(2)8(11(12,13)14)16-10(20)17-9-15-7(3)19(4)18-9/h6,8H,5H2,1-4H3,(H2,16,17,18,20). The Morgan fingerprint density at radius 2 is 2.05 bits per heavy atom. The molecule has 2 atom stereocenters. The fourth-order valence-corrected chi connectivity index (χ4v) is 1.58. The van der Waals surface area contributed by atoms with Crippen LogP contribution in [-0.4, -0.2) is 33.0 Å². The highest BCUT2D eigenvalue weighted by molar-refractivity contribution is 5.87. The molecule has 0 saturated carbocycles. The fourth-order valence-electron chi connectivity index (χ4n) is 1.58. The second-order valence-corrected chi connectivity index (χ2v) is 4.61. The van der Waals surface area contributed by atoms with Crippen LogP contribution < -0.4 is 10.6 Å². The maximum absolute atomic E-state index is 12.8. The number of amides is 2. The van der Waals surface area contributed by atoms with Crippen LogP contribution in [0.25, 0.3) is 0 Å². The Morgan fingerprint density at radius 3 is 2.45 bits per heavy atom. The van der Waals surface area contributed by atoms with Gasteiger partial charge in [-0.15, -0.1) is 5.10 Å². The van der Waals surface area contributed by atoms with E-state index in [2.05, 4.69) is 15.4 Å². The quantitative estimate of drug-likeness (QED) is 0.894. The highest BCUT2D eigenvalue weighted by Gasteiger charge is 2.43. The van der Waals surface area contributed by atoms with Gasteiger partial charge in [0.25, 0.3) is 0 Å². The van der Waals surface area contributed by atoms with Gasteiger partial charge < -0.3 is 5.32 Å². The molecule has 0 aromatic carbocycles. The molecule has 9 heteroatoms. The Kier molecular flexibility index (Phi) is 4.96. The summed E-state index contributed by atoms with van der Waals surface area (Å²) in [5.74, 6) is -0.221. The van der Waals surface area contributed by atoms with E-state index in [1.165, 1.54) is 11.6 Å². The van der Waals surface area contributed by atoms with Crippen molar-refractivity contribution in [2.45, 2.75) is 39.4 Å². The van der Waals surface area contributed by atoms with E-state index >= 15 is 0 Å². The number of carbonyl (C=O) groups is 1. The molecule has 0 radical (unpaired) electrons. The molecule has 1 aromatic heterocycles. The van der Waals surface area contributed by atoms with Crippen LogP contribution in [0.15, 0.2) is 0 Å². The summed E-state index contributed by atoms with van der Waals surface area (Å²) in [7, 11) is 1.61. The first-order valence-corrected chi connectivity index (χ1v) is 6.17. The van der Waals surface area contributed by atoms with E-state index in [-0.39, 0.29) is 5.95 Å². The van der Waals surface area contributed by atoms with Gasteiger partial charge in [0.1, 0.15) is 11.9 Å². The lowest BCUT2D eigenvalue weighted by molar-refractivity contribution is -0.163. The minimum atomic E-state index is -4.50. The molecule has 20 heavy (non-hydrogen) atoms. The van der Waals surface area contributed by atoms with Crippen LogP contribution in [0.1, 0.15) is 26.1 Å². The number of halogens is 3. The average Bonchev–Trinajstić information content (AvgIpc) is 2.62. The van der Waals surface area contributed by atoms with Gasteiger partial charge in [0.2, 0.25) is 5.95 Å². The van der Waals surface area contributed by atoms with Crippen LogP contribution in [0.5, 0.6) is 0 Å². The van der Waals surface area contributed by atoms with E-state index in [1.807, 2.05) is 5.32 Å². The third-order valence-corrected chi connectivity index (χ3v) is 3.06. The number of rotatable bonds is 4. The zero-order valence-electron chi connectivity index (χ0n) is 11.7. The first-order chi connectivity index (χ1) is 9.15. The van der Waals surface area contributed by atoms with Crippen molar-refractivity contribution in [1.82, 2.24) is 20.1 Å². The summed E-state index contributed by atoms with van der Waals surface area (Å²) >= 11 is 0. The van der Waals surface area contributed by atoms with Gasteiger partial charge in [-0.2, -0.15) is 18.2 Å². The topological polar surface area (TPSA) is 71.8 Å². The van der Waals surface area contributed by atoms with Gasteiger partial charge in [0, 0.05) is 7.05 Å². The largest absolute Gasteiger partial charge is 0.408 e. The second kappa shape index (κ2) is 6.10. The molecule has 114 valence electrons. The summed E-state index contributed by atoms with van der Waals surface area (Å²) in [5, 5.41) is 7.95. The zero-order valence-corrected chi connectivity index (χ0v) is 11.7. The van der Waals surface area contributed by atoms with Crippen molar-refractivity contribution in [3.63, 3.8) is 0 Å². The van der Waals surface area contributed by atoms with Crippen molar-refractivity contribution >= 4 is 12.0 Å². The number of alkyl halides is 3. The molecule has 2 unspecified atom stereocenters. The first kappa shape index (κ1) is 16.3. The van der Waals surface area contributed by atoms with Crippen LogP contribution in [0.2, 0.25) is 0 Å². The summed E-state index contributed by atoms with van der Waals surface area (Å²) in [4.78, 5) is 15.5. The van der Waals surface area contributed by atoms with Crippen LogP contribution >= 0.6 is 0 Å². The minimum Gasteiger partial charge on any atom is -0.326 e. The number of nitrogens with zero attached hydrogens (tertiary/aromatic N) is 3. The summed E-state index contributed by atoms with van der Waals surface area (Å²) < 4.78 is 39.9. The number of aryl methyl sites for hydroxylation is 2. The Morgan fingerprint density at radius 1 is 1.45 bits per heavy atom. The molecular weight excluding hydrogens is 275 g/mol. The van der Waals surface area contributed by atoms with E-state index < -0.39 is 24.2 Å². The van der Waals surface area contributed by atoms with Crippen LogP contribution in [-0.2, 0) is 7.05 Å². The smallest absolute Gasteiger partial charge is 0.326 e. The summed E-state index contributed by atoms with van der Waals surface area (Å²) in [6.07, 6.45) is -4.20. The molecule has 1 aromatic rings. The van der Waals surface area contributed by atoms with Crippen molar-refractivity contribution in [3.05, 3.63) is 5.82 Å². The Labute approximate surface area is 114 Å². The highest BCUT2D eigenvalue weighted by atomic mass is 19.4. The molecule has 1 heterocycles. The third-order valence-electron chi connectivity index (χ3n) is 3.06. The highest BCUT2D eigenvalue weighted by Crippen LogP contribution is 2.27. The lowest BCUT2D eigenvalue weighted by Crippen LogP contribution is -2.50. The van der Waals surface area contributed by atoms with Gasteiger partial charge in [-0.3, -0.25) is 10.00 Å². The molecular formula is C11H18F3N5O. The van der Waals surface area contributed by atoms with Gasteiger partial charge in [-0.25, -0.2) is 4.79 Å². The monoisotopic (exact) mass is 293 g/mol. The molecule has 0 fully saturated rings. The normalized spacial score (nSPS) is 14.8. The van der Waals surface area contributed by atoms with E-state index in [4.69, 9.17) is 0 Å². The lowest BCUT2D eigenvalue weighted by atomic mass is 9.99. The molecule has 0 aliphatic rings. The van der Waals surface area contributed by atoms with E-state index in [0.717, 1.165) is 0 Å². The van der Waals surface area contributed by atoms with Gasteiger partial charge in [-0.05, 0) is 12.8 Å². The Bertz CT molecular complexity index is 452. The summed E-state index contributed by atoms with van der Waals surface area (Å²) in [5.41, 5.74) is 0. The maximum atomic E-state index is 12.8. The third kappa shape index (κ3) is 4.10. The number of carbonyl (C=O) groups excluding carboxylic acids is 1. The maximum Gasteiger partial charge on any atom is 0.408 e. The zero-order chi connectivity index (χ0) is 15.5. The SMILES string of the molecule is CCC(C)C(NC(=O)Nc1nc(C)n(C)n1)C(F)(F)F. The van der Waals surface area contributed by atoms with Gasteiger partial charge in [0.15, 0.2) is 0 Å². The van der Waals surface area contributed by atoms with Crippen molar-refractivity contribution < 1.29 is 18.0 Å². The van der Waals surface area contributed by atoms with Crippen LogP contribution in [0, 0.1) is 12.8 Å². The van der Waals surface area contributed by atoms with Crippen molar-refractivity contribution in [2.24, 2.45) is 13.0 Å². The second-order valence-electron chi connectivity index (χ2n) is 4.61. The molecule has 0 aliphatic heterocycles. The fraction of sp³-hybridized carbons (Fsp3) is 0.727. The predicted octanol–water partition coefficient (Wildman–Crippen LogP) is 2.22. The van der Waals surface area contributed by atoms with E-state index in [1.54, 1.807) is 20.9 Å². The van der Waals surface area contributed by atoms with Gasteiger partial charge >= 0.3 is 12.2 Å². The summed E-state index contributed by atoms with van der Waals surface area (Å²) in [6, 6.07) is -2.88. The number of urea groups is 1. The Balaban J connectivity index is 2.71. The molecule has 1 rings (SSSR count). The predicted molar refractivity (Wildman–Crippen MR) is 67.2 cm³/mol. The molecule has 6 nitrogen and oxygen atoms in total. The van der Waals surface area contributed by atoms with Gasteiger partial charge in [-0.1, -0.05) is 20.3 Å². The van der Waals surface area contributed by atoms with Crippen molar-refractivity contribution in [2.75, 3.05) is 5.32 Å². The number of hydrogen-bond acceptors (Lipinski definition) is 3. The molecule has 0 saturated heterocycles. The number of hydrogen-bond donors (Lipinski definition) is 2. The number of nitrogens with one attached hydrogen (secondary N) is 2. The Hall–Kier alpha value is -1.80. The van der Waals surface area contributed by atoms with Crippen molar-refractivity contribution in [3.8, 4) is 0 Å². The summed E-state index contributed by atoms with van der Waals surface area (Å²) in [6.45, 7) is 4.72. The molecule has 2 N–H and O–H groups in total. The number of anilines is 1. The first-order valence-electron chi connectivity index (χ1n) is 6.17. The van der Waals surface area contributed by atoms with Gasteiger partial charge in [0.05, 0.1) is 0 Å². The molecule has 0 spiro atoms.